The van der Waals surface area contributed by atoms with E-state index in [1.165, 1.54) is 0 Å². The number of amides is 1. The third-order valence-electron chi connectivity index (χ3n) is 3.90. The molecule has 0 aliphatic carbocycles. The summed E-state index contributed by atoms with van der Waals surface area (Å²) in [4.78, 5) is 11.9. The van der Waals surface area contributed by atoms with E-state index in [1.54, 1.807) is 28.6 Å². The van der Waals surface area contributed by atoms with Crippen LogP contribution in [0.5, 0.6) is 0 Å². The standard InChI is InChI=1S/C16H24N2O3S/c1-12(2)16(19)17-14-6-8-15(9-7-14)22(20,21)18-10-4-5-13(3)11-18/h6-9,12-13H,4-5,10-11H2,1-3H3,(H,17,19)/t13-/m1/s1. The van der Waals surface area contributed by atoms with Gasteiger partial charge in [-0.15, -0.1) is 0 Å². The normalized spacial score (nSPS) is 20.1. The van der Waals surface area contributed by atoms with Crippen LogP contribution in [0.4, 0.5) is 5.69 Å². The highest BCUT2D eigenvalue weighted by molar-refractivity contribution is 7.89. The fourth-order valence-electron chi connectivity index (χ4n) is 2.51. The number of benzene rings is 1. The molecule has 6 heteroatoms. The van der Waals surface area contributed by atoms with Crippen molar-refractivity contribution in [2.75, 3.05) is 18.4 Å². The molecule has 0 saturated carbocycles. The molecule has 2 rings (SSSR count). The van der Waals surface area contributed by atoms with Crippen molar-refractivity contribution in [3.63, 3.8) is 0 Å². The molecule has 1 saturated heterocycles. The van der Waals surface area contributed by atoms with Gasteiger partial charge in [0.1, 0.15) is 0 Å². The topological polar surface area (TPSA) is 66.5 Å². The van der Waals surface area contributed by atoms with Crippen LogP contribution in [0.1, 0.15) is 33.6 Å². The van der Waals surface area contributed by atoms with Gasteiger partial charge in [0.05, 0.1) is 4.90 Å². The first-order chi connectivity index (χ1) is 10.3. The summed E-state index contributed by atoms with van der Waals surface area (Å²) in [6, 6.07) is 6.40. The number of hydrogen-bond acceptors (Lipinski definition) is 3. The fourth-order valence-corrected chi connectivity index (χ4v) is 4.11. The van der Waals surface area contributed by atoms with Crippen molar-refractivity contribution < 1.29 is 13.2 Å². The van der Waals surface area contributed by atoms with Crippen LogP contribution >= 0.6 is 0 Å². The molecule has 0 spiro atoms. The molecule has 0 aromatic heterocycles. The van der Waals surface area contributed by atoms with Crippen molar-refractivity contribution in [2.45, 2.75) is 38.5 Å². The van der Waals surface area contributed by atoms with Crippen molar-refractivity contribution in [2.24, 2.45) is 11.8 Å². The third kappa shape index (κ3) is 3.87. The summed E-state index contributed by atoms with van der Waals surface area (Å²) in [5, 5.41) is 2.76. The molecule has 5 nitrogen and oxygen atoms in total. The first kappa shape index (κ1) is 17.0. The van der Waals surface area contributed by atoms with E-state index in [9.17, 15) is 13.2 Å². The Balaban J connectivity index is 2.13. The molecule has 0 bridgehead atoms. The van der Waals surface area contributed by atoms with Gasteiger partial charge < -0.3 is 5.32 Å². The lowest BCUT2D eigenvalue weighted by Gasteiger charge is -2.30. The number of carbonyl (C=O) groups is 1. The predicted octanol–water partition coefficient (Wildman–Crippen LogP) is 2.70. The minimum Gasteiger partial charge on any atom is -0.326 e. The zero-order chi connectivity index (χ0) is 16.3. The van der Waals surface area contributed by atoms with Gasteiger partial charge in [-0.05, 0) is 43.0 Å². The predicted molar refractivity (Wildman–Crippen MR) is 87.1 cm³/mol. The van der Waals surface area contributed by atoms with Crippen LogP contribution in [0.15, 0.2) is 29.2 Å². The van der Waals surface area contributed by atoms with E-state index in [4.69, 9.17) is 0 Å². The number of nitrogens with zero attached hydrogens (tertiary/aromatic N) is 1. The largest absolute Gasteiger partial charge is 0.326 e. The molecule has 1 heterocycles. The monoisotopic (exact) mass is 324 g/mol. The first-order valence-electron chi connectivity index (χ1n) is 7.72. The van der Waals surface area contributed by atoms with E-state index < -0.39 is 10.0 Å². The highest BCUT2D eigenvalue weighted by Gasteiger charge is 2.28. The van der Waals surface area contributed by atoms with Crippen molar-refractivity contribution in [3.8, 4) is 0 Å². The molecule has 1 amide bonds. The zero-order valence-electron chi connectivity index (χ0n) is 13.4. The summed E-state index contributed by atoms with van der Waals surface area (Å²) < 4.78 is 26.8. The lowest BCUT2D eigenvalue weighted by atomic mass is 10.0. The Morgan fingerprint density at radius 1 is 1.27 bits per heavy atom. The Bertz CT molecular complexity index is 623. The number of piperidine rings is 1. The van der Waals surface area contributed by atoms with Crippen LogP contribution < -0.4 is 5.32 Å². The Morgan fingerprint density at radius 2 is 1.91 bits per heavy atom. The summed E-state index contributed by atoms with van der Waals surface area (Å²) in [5.74, 6) is 0.201. The molecule has 1 N–H and O–H groups in total. The van der Waals surface area contributed by atoms with Gasteiger partial charge in [0.25, 0.3) is 0 Å². The SMILES string of the molecule is CC(C)C(=O)Nc1ccc(S(=O)(=O)N2CCC[C@@H](C)C2)cc1. The molecule has 1 aliphatic heterocycles. The number of sulfonamides is 1. The Morgan fingerprint density at radius 3 is 2.45 bits per heavy atom. The lowest BCUT2D eigenvalue weighted by molar-refractivity contribution is -0.118. The van der Waals surface area contributed by atoms with Crippen molar-refractivity contribution >= 4 is 21.6 Å². The van der Waals surface area contributed by atoms with Crippen molar-refractivity contribution in [3.05, 3.63) is 24.3 Å². The van der Waals surface area contributed by atoms with Crippen LogP contribution in [0.2, 0.25) is 0 Å². The van der Waals surface area contributed by atoms with Crippen LogP contribution in [0, 0.1) is 11.8 Å². The smallest absolute Gasteiger partial charge is 0.243 e. The average molecular weight is 324 g/mol. The van der Waals surface area contributed by atoms with Gasteiger partial charge in [-0.25, -0.2) is 8.42 Å². The molecule has 122 valence electrons. The average Bonchev–Trinajstić information content (AvgIpc) is 2.47. The van der Waals surface area contributed by atoms with Crippen molar-refractivity contribution in [1.29, 1.82) is 0 Å². The minimum atomic E-state index is -3.44. The van der Waals surface area contributed by atoms with Gasteiger partial charge in [0.2, 0.25) is 15.9 Å². The Kier molecular flexibility index (Phi) is 5.24. The van der Waals surface area contributed by atoms with Crippen LogP contribution in [-0.4, -0.2) is 31.7 Å². The number of anilines is 1. The fraction of sp³-hybridized carbons (Fsp3) is 0.562. The van der Waals surface area contributed by atoms with Crippen LogP contribution in [-0.2, 0) is 14.8 Å². The number of rotatable bonds is 4. The van der Waals surface area contributed by atoms with Crippen LogP contribution in [0.3, 0.4) is 0 Å². The van der Waals surface area contributed by atoms with E-state index in [0.717, 1.165) is 12.8 Å². The summed E-state index contributed by atoms with van der Waals surface area (Å²) in [6.45, 7) is 6.86. The molecule has 1 aliphatic rings. The summed E-state index contributed by atoms with van der Waals surface area (Å²) in [6.07, 6.45) is 1.98. The lowest BCUT2D eigenvalue weighted by Crippen LogP contribution is -2.39. The van der Waals surface area contributed by atoms with E-state index in [2.05, 4.69) is 12.2 Å². The first-order valence-corrected chi connectivity index (χ1v) is 9.16. The maximum Gasteiger partial charge on any atom is 0.243 e. The third-order valence-corrected chi connectivity index (χ3v) is 5.78. The molecule has 1 aromatic rings. The van der Waals surface area contributed by atoms with Crippen molar-refractivity contribution in [1.82, 2.24) is 4.31 Å². The quantitative estimate of drug-likeness (QED) is 0.926. The highest BCUT2D eigenvalue weighted by Crippen LogP contribution is 2.24. The van der Waals surface area contributed by atoms with Gasteiger partial charge in [0, 0.05) is 24.7 Å². The molecule has 1 aromatic carbocycles. The van der Waals surface area contributed by atoms with Crippen LogP contribution in [0.25, 0.3) is 0 Å². The maximum atomic E-state index is 12.6. The number of nitrogens with one attached hydrogen (secondary N) is 1. The summed E-state index contributed by atoms with van der Waals surface area (Å²) in [5.41, 5.74) is 0.615. The number of carbonyl (C=O) groups excluding carboxylic acids is 1. The second-order valence-corrected chi connectivity index (χ2v) is 8.22. The second-order valence-electron chi connectivity index (χ2n) is 6.28. The molecule has 0 radical (unpaired) electrons. The van der Waals surface area contributed by atoms with E-state index in [-0.39, 0.29) is 16.7 Å². The van der Waals surface area contributed by atoms with Gasteiger partial charge in [-0.1, -0.05) is 20.8 Å². The Labute approximate surface area is 132 Å². The van der Waals surface area contributed by atoms with Gasteiger partial charge in [-0.3, -0.25) is 4.79 Å². The van der Waals surface area contributed by atoms with E-state index >= 15 is 0 Å². The van der Waals surface area contributed by atoms with Gasteiger partial charge in [-0.2, -0.15) is 4.31 Å². The Hall–Kier alpha value is -1.40. The highest BCUT2D eigenvalue weighted by atomic mass is 32.2. The van der Waals surface area contributed by atoms with E-state index in [0.29, 0.717) is 24.7 Å². The molecular formula is C16H24N2O3S. The molecule has 1 fully saturated rings. The molecular weight excluding hydrogens is 300 g/mol. The molecule has 0 unspecified atom stereocenters. The zero-order valence-corrected chi connectivity index (χ0v) is 14.2. The number of hydrogen-bond donors (Lipinski definition) is 1. The minimum absolute atomic E-state index is 0.0829. The molecule has 22 heavy (non-hydrogen) atoms. The van der Waals surface area contributed by atoms with Gasteiger partial charge >= 0.3 is 0 Å². The maximum absolute atomic E-state index is 12.6. The summed E-state index contributed by atoms with van der Waals surface area (Å²) in [7, 11) is -3.44. The summed E-state index contributed by atoms with van der Waals surface area (Å²) >= 11 is 0. The van der Waals surface area contributed by atoms with E-state index in [1.807, 2.05) is 13.8 Å². The molecule has 1 atom stereocenters. The van der Waals surface area contributed by atoms with Gasteiger partial charge in [0.15, 0.2) is 0 Å². The second kappa shape index (κ2) is 6.79.